The smallest absolute Gasteiger partial charge is 0.238 e. The molecule has 2 aromatic carbocycles. The van der Waals surface area contributed by atoms with Crippen molar-refractivity contribution in [2.24, 2.45) is 0 Å². The Bertz CT molecular complexity index is 914. The zero-order valence-electron chi connectivity index (χ0n) is 14.7. The number of aryl methyl sites for hydroxylation is 1. The standard InChI is InChI=1S/C20H21N3OS2/c1-14-2-7-17-18(12-14)26-20(22-17)15-3-5-16(6-4-15)21-19(24)13-23-8-10-25-11-9-23/h2-7,12H,8-11,13H2,1H3,(H,21,24). The predicted octanol–water partition coefficient (Wildman–Crippen LogP) is 4.26. The first-order valence-electron chi connectivity index (χ1n) is 8.75. The van der Waals surface area contributed by atoms with Crippen molar-refractivity contribution in [1.29, 1.82) is 0 Å². The van der Waals surface area contributed by atoms with E-state index < -0.39 is 0 Å². The molecule has 0 unspecified atom stereocenters. The van der Waals surface area contributed by atoms with Gasteiger partial charge in [0, 0.05) is 35.8 Å². The average Bonchev–Trinajstić information content (AvgIpc) is 3.06. The second kappa shape index (κ2) is 7.78. The van der Waals surface area contributed by atoms with Gasteiger partial charge >= 0.3 is 0 Å². The number of amides is 1. The highest BCUT2D eigenvalue weighted by atomic mass is 32.2. The van der Waals surface area contributed by atoms with E-state index >= 15 is 0 Å². The van der Waals surface area contributed by atoms with E-state index in [1.807, 2.05) is 36.0 Å². The van der Waals surface area contributed by atoms with Gasteiger partial charge in [-0.2, -0.15) is 11.8 Å². The maximum absolute atomic E-state index is 12.2. The molecule has 1 aliphatic rings. The highest BCUT2D eigenvalue weighted by Gasteiger charge is 2.14. The van der Waals surface area contributed by atoms with Crippen LogP contribution in [0.4, 0.5) is 5.69 Å². The summed E-state index contributed by atoms with van der Waals surface area (Å²) in [6.45, 7) is 4.56. The fraction of sp³-hybridized carbons (Fsp3) is 0.300. The molecule has 4 nitrogen and oxygen atoms in total. The number of carbonyl (C=O) groups is 1. The monoisotopic (exact) mass is 383 g/mol. The molecular weight excluding hydrogens is 362 g/mol. The maximum Gasteiger partial charge on any atom is 0.238 e. The molecule has 26 heavy (non-hydrogen) atoms. The molecule has 1 saturated heterocycles. The van der Waals surface area contributed by atoms with Crippen LogP contribution in [0.25, 0.3) is 20.8 Å². The summed E-state index contributed by atoms with van der Waals surface area (Å²) >= 11 is 3.65. The number of anilines is 1. The molecule has 3 aromatic rings. The van der Waals surface area contributed by atoms with Crippen LogP contribution in [-0.2, 0) is 4.79 Å². The number of rotatable bonds is 4. The molecule has 134 valence electrons. The molecule has 1 N–H and O–H groups in total. The van der Waals surface area contributed by atoms with E-state index in [9.17, 15) is 4.79 Å². The third kappa shape index (κ3) is 4.09. The van der Waals surface area contributed by atoms with E-state index in [-0.39, 0.29) is 5.91 Å². The van der Waals surface area contributed by atoms with Crippen molar-refractivity contribution in [2.45, 2.75) is 6.92 Å². The van der Waals surface area contributed by atoms with Gasteiger partial charge in [0.05, 0.1) is 16.8 Å². The summed E-state index contributed by atoms with van der Waals surface area (Å²) in [5.74, 6) is 2.29. The van der Waals surface area contributed by atoms with E-state index in [1.54, 1.807) is 11.3 Å². The average molecular weight is 384 g/mol. The molecule has 1 aromatic heterocycles. The van der Waals surface area contributed by atoms with Gasteiger partial charge in [-0.15, -0.1) is 11.3 Å². The van der Waals surface area contributed by atoms with Gasteiger partial charge in [0.15, 0.2) is 0 Å². The van der Waals surface area contributed by atoms with Crippen LogP contribution in [-0.4, -0.2) is 46.9 Å². The predicted molar refractivity (Wildman–Crippen MR) is 112 cm³/mol. The maximum atomic E-state index is 12.2. The minimum atomic E-state index is 0.0557. The van der Waals surface area contributed by atoms with Crippen LogP contribution in [0.3, 0.4) is 0 Å². The van der Waals surface area contributed by atoms with Gasteiger partial charge < -0.3 is 5.32 Å². The summed E-state index contributed by atoms with van der Waals surface area (Å²) in [6.07, 6.45) is 0. The van der Waals surface area contributed by atoms with Crippen molar-refractivity contribution in [3.05, 3.63) is 48.0 Å². The quantitative estimate of drug-likeness (QED) is 0.731. The third-order valence-corrected chi connectivity index (χ3v) is 6.44. The van der Waals surface area contributed by atoms with Crippen LogP contribution in [0.15, 0.2) is 42.5 Å². The van der Waals surface area contributed by atoms with Gasteiger partial charge in [-0.05, 0) is 48.9 Å². The number of thiazole rings is 1. The molecule has 1 amide bonds. The van der Waals surface area contributed by atoms with Crippen molar-refractivity contribution in [3.8, 4) is 10.6 Å². The zero-order chi connectivity index (χ0) is 17.9. The minimum Gasteiger partial charge on any atom is -0.325 e. The summed E-state index contributed by atoms with van der Waals surface area (Å²) in [4.78, 5) is 19.1. The Morgan fingerprint density at radius 2 is 1.92 bits per heavy atom. The van der Waals surface area contributed by atoms with E-state index in [4.69, 9.17) is 4.98 Å². The molecular formula is C20H21N3OS2. The molecule has 4 rings (SSSR count). The SMILES string of the molecule is Cc1ccc2nc(-c3ccc(NC(=O)CN4CCSCC4)cc3)sc2c1. The van der Waals surface area contributed by atoms with Crippen molar-refractivity contribution < 1.29 is 4.79 Å². The lowest BCUT2D eigenvalue weighted by Crippen LogP contribution is -2.38. The second-order valence-corrected chi connectivity index (χ2v) is 8.76. The summed E-state index contributed by atoms with van der Waals surface area (Å²) in [5.41, 5.74) is 4.20. The molecule has 0 atom stereocenters. The molecule has 0 bridgehead atoms. The van der Waals surface area contributed by atoms with Crippen molar-refractivity contribution in [3.63, 3.8) is 0 Å². The van der Waals surface area contributed by atoms with Crippen LogP contribution in [0.5, 0.6) is 0 Å². The number of fused-ring (bicyclic) bond motifs is 1. The number of carbonyl (C=O) groups excluding carboxylic acids is 1. The summed E-state index contributed by atoms with van der Waals surface area (Å²) < 4.78 is 1.21. The fourth-order valence-electron chi connectivity index (χ4n) is 3.01. The topological polar surface area (TPSA) is 45.2 Å². The number of nitrogens with zero attached hydrogens (tertiary/aromatic N) is 2. The Morgan fingerprint density at radius 1 is 1.15 bits per heavy atom. The molecule has 0 aliphatic carbocycles. The lowest BCUT2D eigenvalue weighted by atomic mass is 10.2. The highest BCUT2D eigenvalue weighted by molar-refractivity contribution is 7.99. The van der Waals surface area contributed by atoms with Gasteiger partial charge in [-0.3, -0.25) is 9.69 Å². The minimum absolute atomic E-state index is 0.0557. The third-order valence-electron chi connectivity index (χ3n) is 4.43. The Morgan fingerprint density at radius 3 is 2.69 bits per heavy atom. The lowest BCUT2D eigenvalue weighted by Gasteiger charge is -2.25. The van der Waals surface area contributed by atoms with Crippen LogP contribution in [0.1, 0.15) is 5.56 Å². The summed E-state index contributed by atoms with van der Waals surface area (Å²) in [7, 11) is 0. The normalized spacial score (nSPS) is 15.3. The van der Waals surface area contributed by atoms with Gasteiger partial charge in [0.1, 0.15) is 5.01 Å². The Kier molecular flexibility index (Phi) is 5.24. The number of thioether (sulfide) groups is 1. The summed E-state index contributed by atoms with van der Waals surface area (Å²) in [5, 5.41) is 4.01. The van der Waals surface area contributed by atoms with Crippen LogP contribution < -0.4 is 5.32 Å². The molecule has 0 spiro atoms. The van der Waals surface area contributed by atoms with Crippen molar-refractivity contribution in [1.82, 2.24) is 9.88 Å². The summed E-state index contributed by atoms with van der Waals surface area (Å²) in [6, 6.07) is 14.3. The molecule has 2 heterocycles. The number of nitrogens with one attached hydrogen (secondary N) is 1. The zero-order valence-corrected chi connectivity index (χ0v) is 16.3. The molecule has 0 radical (unpaired) electrons. The molecule has 0 saturated carbocycles. The van der Waals surface area contributed by atoms with E-state index in [2.05, 4.69) is 35.3 Å². The van der Waals surface area contributed by atoms with E-state index in [1.165, 1.54) is 10.3 Å². The largest absolute Gasteiger partial charge is 0.325 e. The van der Waals surface area contributed by atoms with Crippen molar-refractivity contribution in [2.75, 3.05) is 36.5 Å². The van der Waals surface area contributed by atoms with Gasteiger partial charge in [-0.1, -0.05) is 6.07 Å². The number of aromatic nitrogens is 1. The molecule has 1 fully saturated rings. The van der Waals surface area contributed by atoms with Crippen LogP contribution in [0, 0.1) is 6.92 Å². The number of hydrogen-bond acceptors (Lipinski definition) is 5. The van der Waals surface area contributed by atoms with E-state index in [0.717, 1.165) is 46.4 Å². The molecule has 6 heteroatoms. The first-order chi connectivity index (χ1) is 12.7. The number of hydrogen-bond donors (Lipinski definition) is 1. The Hall–Kier alpha value is -1.89. The lowest BCUT2D eigenvalue weighted by molar-refractivity contribution is -0.117. The number of benzene rings is 2. The highest BCUT2D eigenvalue weighted by Crippen LogP contribution is 2.31. The molecule has 1 aliphatic heterocycles. The first kappa shape index (κ1) is 17.5. The Balaban J connectivity index is 1.43. The van der Waals surface area contributed by atoms with Gasteiger partial charge in [0.25, 0.3) is 0 Å². The van der Waals surface area contributed by atoms with Crippen LogP contribution in [0.2, 0.25) is 0 Å². The van der Waals surface area contributed by atoms with E-state index in [0.29, 0.717) is 6.54 Å². The van der Waals surface area contributed by atoms with Gasteiger partial charge in [0.2, 0.25) is 5.91 Å². The van der Waals surface area contributed by atoms with Crippen molar-refractivity contribution >= 4 is 44.9 Å². The first-order valence-corrected chi connectivity index (χ1v) is 10.7. The van der Waals surface area contributed by atoms with Gasteiger partial charge in [-0.25, -0.2) is 4.98 Å². The van der Waals surface area contributed by atoms with Crippen LogP contribution >= 0.6 is 23.1 Å². The Labute approximate surface area is 161 Å². The second-order valence-electron chi connectivity index (χ2n) is 6.50. The fourth-order valence-corrected chi connectivity index (χ4v) is 5.06.